The molecule has 0 unspecified atom stereocenters. The third kappa shape index (κ3) is 5.96. The molecule has 1 saturated carbocycles. The predicted octanol–water partition coefficient (Wildman–Crippen LogP) is 4.34. The van der Waals surface area contributed by atoms with Crippen molar-refractivity contribution in [1.82, 2.24) is 0 Å². The first-order valence-corrected chi connectivity index (χ1v) is 12.7. The molecule has 158 valence electrons. The van der Waals surface area contributed by atoms with Crippen LogP contribution in [-0.2, 0) is 23.5 Å². The van der Waals surface area contributed by atoms with Crippen molar-refractivity contribution in [3.8, 4) is 11.8 Å². The molecule has 1 rings (SSSR count). The van der Waals surface area contributed by atoms with Gasteiger partial charge in [-0.25, -0.2) is 0 Å². The average Bonchev–Trinajstić information content (AvgIpc) is 3.39. The van der Waals surface area contributed by atoms with E-state index in [1.807, 2.05) is 6.08 Å². The van der Waals surface area contributed by atoms with E-state index in [2.05, 4.69) is 51.8 Å². The number of hydrogen-bond donors (Lipinski definition) is 0. The minimum atomic E-state index is -1.73. The van der Waals surface area contributed by atoms with E-state index in [0.717, 1.165) is 13.0 Å². The number of rotatable bonds is 9. The molecule has 2 atom stereocenters. The highest BCUT2D eigenvalue weighted by atomic mass is 28.4. The summed E-state index contributed by atoms with van der Waals surface area (Å²) in [5, 5.41) is 0.203. The molecule has 28 heavy (non-hydrogen) atoms. The molecule has 0 radical (unpaired) electrons. The van der Waals surface area contributed by atoms with Gasteiger partial charge in [-0.3, -0.25) is 9.59 Å². The smallest absolute Gasteiger partial charge is 0.324 e. The van der Waals surface area contributed by atoms with E-state index in [1.165, 1.54) is 14.2 Å². The van der Waals surface area contributed by atoms with Crippen LogP contribution in [0, 0.1) is 29.1 Å². The minimum Gasteiger partial charge on any atom is -0.468 e. The first kappa shape index (κ1) is 24.5. The zero-order valence-electron chi connectivity index (χ0n) is 18.7. The second-order valence-electron chi connectivity index (χ2n) is 9.03. The zero-order chi connectivity index (χ0) is 21.6. The number of carbonyl (C=O) groups is 2. The Hall–Kier alpha value is -1.58. The topological polar surface area (TPSA) is 61.8 Å². The molecule has 0 aromatic rings. The van der Waals surface area contributed by atoms with Crippen LogP contribution >= 0.6 is 0 Å². The Morgan fingerprint density at radius 1 is 1.14 bits per heavy atom. The minimum absolute atomic E-state index is 0.0791. The van der Waals surface area contributed by atoms with Crippen molar-refractivity contribution < 1.29 is 23.5 Å². The number of esters is 2. The zero-order valence-corrected chi connectivity index (χ0v) is 19.7. The fraction of sp³-hybridized carbons (Fsp3) is 0.727. The highest BCUT2D eigenvalue weighted by molar-refractivity contribution is 6.74. The van der Waals surface area contributed by atoms with E-state index in [-0.39, 0.29) is 17.9 Å². The van der Waals surface area contributed by atoms with Crippen LogP contribution < -0.4 is 0 Å². The molecule has 0 N–H and O–H groups in total. The summed E-state index contributed by atoms with van der Waals surface area (Å²) >= 11 is 0. The Balaban J connectivity index is 2.73. The molecule has 1 fully saturated rings. The van der Waals surface area contributed by atoms with Crippen LogP contribution in [0.1, 0.15) is 47.0 Å². The standard InChI is InChI=1S/C22H36O5Si/c1-9-10-13-22(19(23)25-5,20(24)26-6)14-11-12-17-15-18(17)16-27-28(7,8)21(2,3)4/h11-12,17-18H,13-16H2,1-8H3/b12-11+/t17-,18-/m0/s1. The molecule has 0 heterocycles. The normalized spacial score (nSPS) is 19.7. The Labute approximate surface area is 171 Å². The molecule has 0 amide bonds. The largest absolute Gasteiger partial charge is 0.468 e. The van der Waals surface area contributed by atoms with Crippen molar-refractivity contribution in [2.45, 2.75) is 65.1 Å². The van der Waals surface area contributed by atoms with Gasteiger partial charge in [-0.05, 0) is 49.7 Å². The Kier molecular flexibility index (Phi) is 8.52. The van der Waals surface area contributed by atoms with Crippen molar-refractivity contribution in [2.75, 3.05) is 20.8 Å². The third-order valence-electron chi connectivity index (χ3n) is 6.01. The quantitative estimate of drug-likeness (QED) is 0.187. The molecule has 0 aromatic heterocycles. The van der Waals surface area contributed by atoms with Gasteiger partial charge >= 0.3 is 11.9 Å². The fourth-order valence-electron chi connectivity index (χ4n) is 2.77. The Bertz CT molecular complexity index is 632. The first-order valence-electron chi connectivity index (χ1n) is 9.82. The molecule has 1 aliphatic carbocycles. The molecule has 0 aliphatic heterocycles. The van der Waals surface area contributed by atoms with Crippen molar-refractivity contribution in [3.63, 3.8) is 0 Å². The SMILES string of the molecule is CC#CCC(C/C=C/[C@H]1C[C@H]1CO[Si](C)(C)C(C)(C)C)(C(=O)OC)C(=O)OC. The van der Waals surface area contributed by atoms with Crippen LogP contribution in [0.2, 0.25) is 18.1 Å². The molecular formula is C22H36O5Si. The maximum absolute atomic E-state index is 12.4. The molecule has 0 saturated heterocycles. The fourth-order valence-corrected chi connectivity index (χ4v) is 3.83. The van der Waals surface area contributed by atoms with Crippen LogP contribution in [0.25, 0.3) is 0 Å². The van der Waals surface area contributed by atoms with Gasteiger partial charge in [-0.2, -0.15) is 0 Å². The highest BCUT2D eigenvalue weighted by Crippen LogP contribution is 2.43. The monoisotopic (exact) mass is 408 g/mol. The van der Waals surface area contributed by atoms with Crippen molar-refractivity contribution in [1.29, 1.82) is 0 Å². The summed E-state index contributed by atoms with van der Waals surface area (Å²) in [6.45, 7) is 13.7. The van der Waals surface area contributed by atoms with Gasteiger partial charge in [0.25, 0.3) is 0 Å². The summed E-state index contributed by atoms with van der Waals surface area (Å²) in [6.07, 6.45) is 5.34. The lowest BCUT2D eigenvalue weighted by molar-refractivity contribution is -0.168. The van der Waals surface area contributed by atoms with Crippen molar-refractivity contribution in [2.24, 2.45) is 17.3 Å². The summed E-state index contributed by atoms with van der Waals surface area (Å²) in [5.74, 6) is 5.28. The average molecular weight is 409 g/mol. The second-order valence-corrected chi connectivity index (χ2v) is 13.8. The molecule has 0 spiro atoms. The van der Waals surface area contributed by atoms with E-state index in [0.29, 0.717) is 11.8 Å². The van der Waals surface area contributed by atoms with E-state index in [1.54, 1.807) is 6.92 Å². The molecule has 6 heteroatoms. The maximum Gasteiger partial charge on any atom is 0.324 e. The lowest BCUT2D eigenvalue weighted by Gasteiger charge is -2.36. The molecule has 1 aliphatic rings. The summed E-state index contributed by atoms with van der Waals surface area (Å²) in [7, 11) is 0.817. The number of hydrogen-bond acceptors (Lipinski definition) is 5. The van der Waals surface area contributed by atoms with Crippen LogP contribution in [0.4, 0.5) is 0 Å². The van der Waals surface area contributed by atoms with Gasteiger partial charge < -0.3 is 13.9 Å². The van der Waals surface area contributed by atoms with Gasteiger partial charge in [-0.1, -0.05) is 32.9 Å². The van der Waals surface area contributed by atoms with E-state index < -0.39 is 25.7 Å². The van der Waals surface area contributed by atoms with E-state index in [9.17, 15) is 9.59 Å². The van der Waals surface area contributed by atoms with Gasteiger partial charge in [0.1, 0.15) is 0 Å². The maximum atomic E-state index is 12.4. The number of methoxy groups -OCH3 is 2. The van der Waals surface area contributed by atoms with Gasteiger partial charge in [0.2, 0.25) is 0 Å². The van der Waals surface area contributed by atoms with Gasteiger partial charge in [-0.15, -0.1) is 11.8 Å². The van der Waals surface area contributed by atoms with Crippen molar-refractivity contribution >= 4 is 20.3 Å². The number of allylic oxidation sites excluding steroid dienone is 2. The first-order chi connectivity index (χ1) is 12.9. The highest BCUT2D eigenvalue weighted by Gasteiger charge is 2.47. The summed E-state index contributed by atoms with van der Waals surface area (Å²) in [6, 6.07) is 0. The van der Waals surface area contributed by atoms with Crippen molar-refractivity contribution in [3.05, 3.63) is 12.2 Å². The summed E-state index contributed by atoms with van der Waals surface area (Å²) < 4.78 is 16.1. The summed E-state index contributed by atoms with van der Waals surface area (Å²) in [5.41, 5.74) is -1.41. The Morgan fingerprint density at radius 2 is 1.71 bits per heavy atom. The van der Waals surface area contributed by atoms with Crippen LogP contribution in [0.5, 0.6) is 0 Å². The predicted molar refractivity (Wildman–Crippen MR) is 113 cm³/mol. The van der Waals surface area contributed by atoms with Gasteiger partial charge in [0.15, 0.2) is 13.7 Å². The van der Waals surface area contributed by atoms with Gasteiger partial charge in [0.05, 0.1) is 14.2 Å². The lowest BCUT2D eigenvalue weighted by Crippen LogP contribution is -2.41. The third-order valence-corrected chi connectivity index (χ3v) is 10.5. The molecule has 5 nitrogen and oxygen atoms in total. The van der Waals surface area contributed by atoms with Crippen LogP contribution in [-0.4, -0.2) is 41.1 Å². The van der Waals surface area contributed by atoms with Crippen LogP contribution in [0.3, 0.4) is 0 Å². The van der Waals surface area contributed by atoms with E-state index in [4.69, 9.17) is 13.9 Å². The molecule has 0 aromatic carbocycles. The number of ether oxygens (including phenoxy) is 2. The van der Waals surface area contributed by atoms with Crippen LogP contribution in [0.15, 0.2) is 12.2 Å². The number of carbonyl (C=O) groups excluding carboxylic acids is 2. The van der Waals surface area contributed by atoms with Gasteiger partial charge in [0, 0.05) is 13.0 Å². The summed E-state index contributed by atoms with van der Waals surface area (Å²) in [4.78, 5) is 24.7. The lowest BCUT2D eigenvalue weighted by atomic mass is 9.81. The Morgan fingerprint density at radius 3 is 2.18 bits per heavy atom. The second kappa shape index (κ2) is 9.75. The molecule has 0 bridgehead atoms. The van der Waals surface area contributed by atoms with E-state index >= 15 is 0 Å². The molecular weight excluding hydrogens is 372 g/mol.